The Hall–Kier alpha value is -2.14. The normalized spacial score (nSPS) is 14.2. The summed E-state index contributed by atoms with van der Waals surface area (Å²) in [6.07, 6.45) is 0. The zero-order valence-corrected chi connectivity index (χ0v) is 15.6. The van der Waals surface area contributed by atoms with Crippen molar-refractivity contribution < 1.29 is 12.8 Å². The van der Waals surface area contributed by atoms with Crippen LogP contribution in [0.3, 0.4) is 0 Å². The molecule has 3 aromatic rings. The van der Waals surface area contributed by atoms with E-state index in [-0.39, 0.29) is 29.4 Å². The highest BCUT2D eigenvalue weighted by Gasteiger charge is 2.18. The second kappa shape index (κ2) is 6.88. The van der Waals surface area contributed by atoms with Crippen molar-refractivity contribution in [1.29, 1.82) is 0 Å². The molecule has 1 aliphatic rings. The van der Waals surface area contributed by atoms with Crippen molar-refractivity contribution in [1.82, 2.24) is 24.4 Å². The van der Waals surface area contributed by atoms with E-state index in [0.29, 0.717) is 11.2 Å². The van der Waals surface area contributed by atoms with Gasteiger partial charge in [-0.15, -0.1) is 12.4 Å². The molecule has 26 heavy (non-hydrogen) atoms. The number of hydrogen-bond donors (Lipinski definition) is 2. The number of hydrogen-bond acceptors (Lipinski definition) is 6. The summed E-state index contributed by atoms with van der Waals surface area (Å²) in [5.74, 6) is -0.533. The van der Waals surface area contributed by atoms with Crippen molar-refractivity contribution in [2.24, 2.45) is 7.05 Å². The molecular weight excluding hydrogens is 382 g/mol. The van der Waals surface area contributed by atoms with Crippen LogP contribution in [0.5, 0.6) is 0 Å². The molecule has 140 valence electrons. The number of halogens is 1. The maximum atomic E-state index is 12.5. The Balaban J connectivity index is 0.00000196. The van der Waals surface area contributed by atoms with Gasteiger partial charge in [-0.1, -0.05) is 0 Å². The summed E-state index contributed by atoms with van der Waals surface area (Å²) in [6.45, 7) is 2.44. The zero-order chi connectivity index (χ0) is 17.6. The van der Waals surface area contributed by atoms with Crippen molar-refractivity contribution in [3.05, 3.63) is 46.2 Å². The minimum Gasteiger partial charge on any atom is -0.408 e. The van der Waals surface area contributed by atoms with Gasteiger partial charge in [0.15, 0.2) is 5.58 Å². The monoisotopic (exact) mass is 399 g/mol. The van der Waals surface area contributed by atoms with Crippen LogP contribution < -0.4 is 15.8 Å². The minimum atomic E-state index is -3.74. The second-order valence-corrected chi connectivity index (χ2v) is 7.67. The average molecular weight is 400 g/mol. The molecule has 1 aliphatic heterocycles. The Labute approximate surface area is 155 Å². The molecule has 0 radical (unpaired) electrons. The Morgan fingerprint density at radius 3 is 2.92 bits per heavy atom. The van der Waals surface area contributed by atoms with Crippen molar-refractivity contribution in [2.45, 2.75) is 24.5 Å². The van der Waals surface area contributed by atoms with Crippen LogP contribution in [0.15, 0.2) is 38.4 Å². The number of fused-ring (bicyclic) bond motifs is 2. The molecule has 0 spiro atoms. The average Bonchev–Trinajstić information content (AvgIpc) is 3.14. The summed E-state index contributed by atoms with van der Waals surface area (Å²) < 4.78 is 35.8. The molecule has 2 aromatic heterocycles. The third kappa shape index (κ3) is 3.28. The van der Waals surface area contributed by atoms with Gasteiger partial charge in [0.2, 0.25) is 10.0 Å². The zero-order valence-electron chi connectivity index (χ0n) is 13.9. The van der Waals surface area contributed by atoms with Gasteiger partial charge < -0.3 is 9.73 Å². The highest BCUT2D eigenvalue weighted by molar-refractivity contribution is 7.89. The van der Waals surface area contributed by atoms with E-state index in [2.05, 4.69) is 15.1 Å². The van der Waals surface area contributed by atoms with E-state index >= 15 is 0 Å². The number of aromatic nitrogens is 3. The van der Waals surface area contributed by atoms with Gasteiger partial charge in [0, 0.05) is 26.2 Å². The lowest BCUT2D eigenvalue weighted by Crippen LogP contribution is -2.28. The molecule has 2 N–H and O–H groups in total. The number of nitrogens with zero attached hydrogens (tertiary/aromatic N) is 3. The fourth-order valence-electron chi connectivity index (χ4n) is 2.87. The Kier molecular flexibility index (Phi) is 4.93. The topological polar surface area (TPSA) is 111 Å². The molecule has 0 amide bonds. The summed E-state index contributed by atoms with van der Waals surface area (Å²) >= 11 is 0. The molecule has 0 bridgehead atoms. The highest BCUT2D eigenvalue weighted by Crippen LogP contribution is 2.18. The van der Waals surface area contributed by atoms with Gasteiger partial charge in [-0.3, -0.25) is 9.25 Å². The van der Waals surface area contributed by atoms with E-state index in [9.17, 15) is 13.2 Å². The number of oxazole rings is 1. The number of benzene rings is 1. The first-order valence-corrected chi connectivity index (χ1v) is 9.28. The third-order valence-electron chi connectivity index (χ3n) is 4.24. The summed E-state index contributed by atoms with van der Waals surface area (Å²) in [5.41, 5.74) is 2.47. The molecular formula is C15H18ClN5O4S. The number of rotatable bonds is 4. The fourth-order valence-corrected chi connectivity index (χ4v) is 3.89. The number of aryl methyl sites for hydroxylation is 1. The van der Waals surface area contributed by atoms with Crippen LogP contribution >= 0.6 is 12.4 Å². The van der Waals surface area contributed by atoms with E-state index in [1.54, 1.807) is 13.1 Å². The lowest BCUT2D eigenvalue weighted by Gasteiger charge is -2.13. The van der Waals surface area contributed by atoms with Gasteiger partial charge in [-0.25, -0.2) is 17.9 Å². The summed E-state index contributed by atoms with van der Waals surface area (Å²) in [5, 5.41) is 7.64. The smallest absolute Gasteiger partial charge is 0.408 e. The maximum absolute atomic E-state index is 12.5. The van der Waals surface area contributed by atoms with E-state index in [0.717, 1.165) is 25.3 Å². The molecule has 3 heterocycles. The highest BCUT2D eigenvalue weighted by atomic mass is 35.5. The van der Waals surface area contributed by atoms with Crippen LogP contribution in [-0.4, -0.2) is 29.3 Å². The van der Waals surface area contributed by atoms with Crippen molar-refractivity contribution in [2.75, 3.05) is 6.54 Å². The van der Waals surface area contributed by atoms with Gasteiger partial charge in [-0.2, -0.15) is 5.10 Å². The lowest BCUT2D eigenvalue weighted by atomic mass is 10.3. The molecule has 0 atom stereocenters. The van der Waals surface area contributed by atoms with Crippen LogP contribution in [0, 0.1) is 0 Å². The van der Waals surface area contributed by atoms with E-state index in [1.165, 1.54) is 16.7 Å². The van der Waals surface area contributed by atoms with E-state index in [4.69, 9.17) is 4.42 Å². The molecule has 0 saturated heterocycles. The molecule has 4 rings (SSSR count). The van der Waals surface area contributed by atoms with Gasteiger partial charge in [-0.05, 0) is 18.2 Å². The van der Waals surface area contributed by atoms with Crippen molar-refractivity contribution in [3.8, 4) is 0 Å². The van der Waals surface area contributed by atoms with E-state index < -0.39 is 15.8 Å². The van der Waals surface area contributed by atoms with Gasteiger partial charge in [0.05, 0.1) is 34.9 Å². The predicted molar refractivity (Wildman–Crippen MR) is 96.7 cm³/mol. The molecule has 9 nitrogen and oxygen atoms in total. The van der Waals surface area contributed by atoms with Gasteiger partial charge in [0.1, 0.15) is 0 Å². The fraction of sp³-hybridized carbons (Fsp3) is 0.333. The minimum absolute atomic E-state index is 0. The maximum Gasteiger partial charge on any atom is 0.419 e. The summed E-state index contributed by atoms with van der Waals surface area (Å²) in [6, 6.07) is 6.23. The van der Waals surface area contributed by atoms with Crippen LogP contribution in [0.4, 0.5) is 0 Å². The number of sulfonamides is 1. The van der Waals surface area contributed by atoms with E-state index in [1.807, 2.05) is 10.7 Å². The molecule has 0 saturated carbocycles. The third-order valence-corrected chi connectivity index (χ3v) is 5.64. The van der Waals surface area contributed by atoms with Crippen LogP contribution in [-0.2, 0) is 36.7 Å². The largest absolute Gasteiger partial charge is 0.419 e. The predicted octanol–water partition coefficient (Wildman–Crippen LogP) is 0.331. The number of nitrogens with one attached hydrogen (secondary N) is 2. The summed E-state index contributed by atoms with van der Waals surface area (Å²) in [4.78, 5) is 11.6. The Morgan fingerprint density at radius 1 is 1.35 bits per heavy atom. The van der Waals surface area contributed by atoms with Crippen molar-refractivity contribution in [3.63, 3.8) is 0 Å². The lowest BCUT2D eigenvalue weighted by molar-refractivity contribution is 0.473. The standard InChI is InChI=1S/C15H17N5O4S.ClH/c1-19-13-3-2-12(7-14(13)24-15(19)21)25(22,23)17-8-10-6-11-9-16-4-5-20(11)18-10;/h2-3,6-7,16-17H,4-5,8-9H2,1H3;1H. The van der Waals surface area contributed by atoms with Crippen LogP contribution in [0.25, 0.3) is 11.1 Å². The molecule has 0 unspecified atom stereocenters. The first-order valence-electron chi connectivity index (χ1n) is 7.79. The SMILES string of the molecule is Cl.Cn1c(=O)oc2cc(S(=O)(=O)NCc3cc4n(n3)CCNC4)ccc21. The Morgan fingerprint density at radius 2 is 2.15 bits per heavy atom. The van der Waals surface area contributed by atoms with Crippen molar-refractivity contribution >= 4 is 33.5 Å². The first-order chi connectivity index (χ1) is 11.9. The van der Waals surface area contributed by atoms with Crippen LogP contribution in [0.1, 0.15) is 11.4 Å². The molecule has 11 heteroatoms. The Bertz CT molecular complexity index is 1090. The quantitative estimate of drug-likeness (QED) is 0.654. The second-order valence-electron chi connectivity index (χ2n) is 5.91. The van der Waals surface area contributed by atoms with Gasteiger partial charge >= 0.3 is 5.76 Å². The molecule has 0 fully saturated rings. The van der Waals surface area contributed by atoms with Gasteiger partial charge in [0.25, 0.3) is 0 Å². The summed E-state index contributed by atoms with van der Waals surface area (Å²) in [7, 11) is -2.18. The first kappa shape index (κ1) is 18.6. The van der Waals surface area contributed by atoms with Crippen LogP contribution in [0.2, 0.25) is 0 Å². The molecule has 0 aliphatic carbocycles. The molecule has 1 aromatic carbocycles.